The third kappa shape index (κ3) is 4.01. The van der Waals surface area contributed by atoms with Gasteiger partial charge in [-0.15, -0.1) is 0 Å². The van der Waals surface area contributed by atoms with Crippen LogP contribution in [0, 0.1) is 15.9 Å². The summed E-state index contributed by atoms with van der Waals surface area (Å²) in [6.45, 7) is 0. The van der Waals surface area contributed by atoms with Gasteiger partial charge in [0, 0.05) is 0 Å². The first-order chi connectivity index (χ1) is 13.5. The molecule has 0 saturated carbocycles. The fourth-order valence-corrected chi connectivity index (χ4v) is 2.27. The average Bonchev–Trinajstić information content (AvgIpc) is 2.69. The van der Waals surface area contributed by atoms with Crippen molar-refractivity contribution >= 4 is 23.2 Å². The lowest BCUT2D eigenvalue weighted by atomic mass is 10.2. The minimum Gasteiger partial charge on any atom is -0.465 e. The number of nitrogens with zero attached hydrogens (tertiary/aromatic N) is 3. The smallest absolute Gasteiger partial charge is 0.373 e. The second-order valence-corrected chi connectivity index (χ2v) is 5.36. The van der Waals surface area contributed by atoms with Crippen molar-refractivity contribution < 1.29 is 23.6 Å². The lowest BCUT2D eigenvalue weighted by Gasteiger charge is -2.10. The summed E-state index contributed by atoms with van der Waals surface area (Å²) in [6.07, 6.45) is 1.05. The van der Waals surface area contributed by atoms with Gasteiger partial charge in [0.15, 0.2) is 0 Å². The van der Waals surface area contributed by atoms with Crippen molar-refractivity contribution in [3.05, 3.63) is 76.4 Å². The zero-order chi connectivity index (χ0) is 20.1. The molecule has 0 amide bonds. The fraction of sp³-hybridized carbons (Fsp3) is 0.0556. The Bertz CT molecular complexity index is 1030. The fourth-order valence-electron chi connectivity index (χ4n) is 2.27. The van der Waals surface area contributed by atoms with Gasteiger partial charge in [0.1, 0.15) is 17.9 Å². The second kappa shape index (κ2) is 8.08. The Hall–Kier alpha value is -4.08. The van der Waals surface area contributed by atoms with Gasteiger partial charge < -0.3 is 14.8 Å². The molecule has 1 aromatic heterocycles. The molecule has 3 rings (SSSR count). The van der Waals surface area contributed by atoms with E-state index in [1.165, 1.54) is 49.6 Å². The van der Waals surface area contributed by atoms with Gasteiger partial charge in [0.25, 0.3) is 0 Å². The van der Waals surface area contributed by atoms with Gasteiger partial charge in [-0.2, -0.15) is 4.98 Å². The monoisotopic (exact) mass is 384 g/mol. The first-order valence-electron chi connectivity index (χ1n) is 7.86. The predicted octanol–water partition coefficient (Wildman–Crippen LogP) is 3.85. The number of nitrogens with one attached hydrogen (secondary N) is 1. The number of aromatic nitrogens is 2. The molecule has 0 saturated heterocycles. The molecule has 0 bridgehead atoms. The quantitative estimate of drug-likeness (QED) is 0.387. The van der Waals surface area contributed by atoms with E-state index in [1.54, 1.807) is 6.07 Å². The predicted molar refractivity (Wildman–Crippen MR) is 96.2 cm³/mol. The number of hydrogen-bond acceptors (Lipinski definition) is 8. The standard InChI is InChI=1S/C18H13FN4O5/c1-27-18(24)11-6-8-12(9-7-11)28-17-15(23(25)26)16(20-10-21-17)22-14-5-3-2-4-13(14)19/h2-10H,1H3,(H,20,21,22). The third-order valence-electron chi connectivity index (χ3n) is 3.59. The topological polar surface area (TPSA) is 116 Å². The normalized spacial score (nSPS) is 10.2. The Kier molecular flexibility index (Phi) is 5.40. The van der Waals surface area contributed by atoms with Gasteiger partial charge in [0.05, 0.1) is 23.3 Å². The number of carbonyl (C=O) groups is 1. The maximum Gasteiger partial charge on any atom is 0.373 e. The molecule has 28 heavy (non-hydrogen) atoms. The van der Waals surface area contributed by atoms with E-state index in [1.807, 2.05) is 0 Å². The number of halogens is 1. The van der Waals surface area contributed by atoms with Gasteiger partial charge in [-0.25, -0.2) is 14.2 Å². The van der Waals surface area contributed by atoms with Crippen molar-refractivity contribution in [2.45, 2.75) is 0 Å². The molecule has 1 N–H and O–H groups in total. The number of anilines is 2. The Labute approximate surface area is 157 Å². The van der Waals surface area contributed by atoms with E-state index in [-0.39, 0.29) is 28.7 Å². The van der Waals surface area contributed by atoms with Crippen molar-refractivity contribution in [1.29, 1.82) is 0 Å². The number of carbonyl (C=O) groups excluding carboxylic acids is 1. The molecule has 0 spiro atoms. The number of rotatable bonds is 6. The lowest BCUT2D eigenvalue weighted by Crippen LogP contribution is -2.04. The van der Waals surface area contributed by atoms with E-state index < -0.39 is 22.4 Å². The molecule has 1 heterocycles. The van der Waals surface area contributed by atoms with Crippen molar-refractivity contribution in [2.75, 3.05) is 12.4 Å². The molecule has 3 aromatic rings. The molecule has 0 aliphatic heterocycles. The maximum atomic E-state index is 13.8. The van der Waals surface area contributed by atoms with Crippen LogP contribution in [-0.4, -0.2) is 28.0 Å². The molecule has 0 radical (unpaired) electrons. The van der Waals surface area contributed by atoms with E-state index in [2.05, 4.69) is 20.0 Å². The highest BCUT2D eigenvalue weighted by atomic mass is 19.1. The summed E-state index contributed by atoms with van der Waals surface area (Å²) in [5, 5.41) is 14.1. The zero-order valence-corrected chi connectivity index (χ0v) is 14.5. The van der Waals surface area contributed by atoms with Crippen LogP contribution in [-0.2, 0) is 4.74 Å². The highest BCUT2D eigenvalue weighted by molar-refractivity contribution is 5.89. The van der Waals surface area contributed by atoms with E-state index in [4.69, 9.17) is 4.74 Å². The molecular formula is C18H13FN4O5. The summed E-state index contributed by atoms with van der Waals surface area (Å²) >= 11 is 0. The Morgan fingerprint density at radius 2 is 1.86 bits per heavy atom. The van der Waals surface area contributed by atoms with E-state index in [0.717, 1.165) is 6.33 Å². The van der Waals surface area contributed by atoms with E-state index in [0.29, 0.717) is 0 Å². The number of esters is 1. The van der Waals surface area contributed by atoms with Crippen molar-refractivity contribution in [3.63, 3.8) is 0 Å². The molecule has 2 aromatic carbocycles. The highest BCUT2D eigenvalue weighted by Gasteiger charge is 2.26. The van der Waals surface area contributed by atoms with Crippen LogP contribution in [0.4, 0.5) is 21.6 Å². The van der Waals surface area contributed by atoms with Crippen LogP contribution in [0.3, 0.4) is 0 Å². The number of ether oxygens (including phenoxy) is 2. The minimum absolute atomic E-state index is 0.0117. The third-order valence-corrected chi connectivity index (χ3v) is 3.59. The Morgan fingerprint density at radius 1 is 1.14 bits per heavy atom. The van der Waals surface area contributed by atoms with Crippen LogP contribution in [0.2, 0.25) is 0 Å². The first kappa shape index (κ1) is 18.7. The summed E-state index contributed by atoms with van der Waals surface area (Å²) in [5.74, 6) is -1.51. The van der Waals surface area contributed by atoms with Crippen molar-refractivity contribution in [1.82, 2.24) is 9.97 Å². The van der Waals surface area contributed by atoms with Gasteiger partial charge in [-0.1, -0.05) is 12.1 Å². The largest absolute Gasteiger partial charge is 0.465 e. The molecule has 10 heteroatoms. The molecular weight excluding hydrogens is 371 g/mol. The molecule has 0 atom stereocenters. The van der Waals surface area contributed by atoms with Crippen LogP contribution in [0.5, 0.6) is 11.6 Å². The number of hydrogen-bond donors (Lipinski definition) is 1. The molecule has 0 fully saturated rings. The highest BCUT2D eigenvalue weighted by Crippen LogP contribution is 2.35. The molecule has 0 aliphatic rings. The maximum absolute atomic E-state index is 13.8. The van der Waals surface area contributed by atoms with Crippen molar-refractivity contribution in [3.8, 4) is 11.6 Å². The number of para-hydroxylation sites is 1. The van der Waals surface area contributed by atoms with Crippen molar-refractivity contribution in [2.24, 2.45) is 0 Å². The van der Waals surface area contributed by atoms with Crippen LogP contribution in [0.15, 0.2) is 54.9 Å². The lowest BCUT2D eigenvalue weighted by molar-refractivity contribution is -0.385. The van der Waals surface area contributed by atoms with Gasteiger partial charge >= 0.3 is 17.5 Å². The molecule has 0 unspecified atom stereocenters. The van der Waals surface area contributed by atoms with Gasteiger partial charge in [-0.3, -0.25) is 10.1 Å². The Balaban J connectivity index is 1.92. The molecule has 0 aliphatic carbocycles. The van der Waals surface area contributed by atoms with Crippen LogP contribution in [0.25, 0.3) is 0 Å². The van der Waals surface area contributed by atoms with Crippen LogP contribution < -0.4 is 10.1 Å². The second-order valence-electron chi connectivity index (χ2n) is 5.36. The Morgan fingerprint density at radius 3 is 2.50 bits per heavy atom. The van der Waals surface area contributed by atoms with E-state index in [9.17, 15) is 19.3 Å². The number of methoxy groups -OCH3 is 1. The summed E-state index contributed by atoms with van der Waals surface area (Å²) in [7, 11) is 1.25. The summed E-state index contributed by atoms with van der Waals surface area (Å²) in [4.78, 5) is 29.9. The van der Waals surface area contributed by atoms with Gasteiger partial charge in [0.2, 0.25) is 5.82 Å². The number of nitro groups is 1. The van der Waals surface area contributed by atoms with E-state index >= 15 is 0 Å². The average molecular weight is 384 g/mol. The number of benzene rings is 2. The summed E-state index contributed by atoms with van der Waals surface area (Å²) in [5.41, 5.74) is -0.269. The van der Waals surface area contributed by atoms with Crippen LogP contribution in [0.1, 0.15) is 10.4 Å². The summed E-state index contributed by atoms with van der Waals surface area (Å²) in [6, 6.07) is 11.4. The van der Waals surface area contributed by atoms with Gasteiger partial charge in [-0.05, 0) is 36.4 Å². The summed E-state index contributed by atoms with van der Waals surface area (Å²) < 4.78 is 23.9. The van der Waals surface area contributed by atoms with Crippen LogP contribution >= 0.6 is 0 Å². The first-order valence-corrected chi connectivity index (χ1v) is 7.86. The SMILES string of the molecule is COC(=O)c1ccc(Oc2ncnc(Nc3ccccc3F)c2[N+](=O)[O-])cc1. The zero-order valence-electron chi connectivity index (χ0n) is 14.5. The molecule has 9 nitrogen and oxygen atoms in total. The molecule has 142 valence electrons. The minimum atomic E-state index is -0.735.